The summed E-state index contributed by atoms with van der Waals surface area (Å²) in [6.45, 7) is 2.26. The molecule has 2 rings (SSSR count). The maximum Gasteiger partial charge on any atom is 0.235 e. The summed E-state index contributed by atoms with van der Waals surface area (Å²) < 4.78 is 0. The number of carbonyl (C=O) groups excluding carboxylic acids is 1. The van der Waals surface area contributed by atoms with Gasteiger partial charge in [0.05, 0.1) is 5.54 Å². The van der Waals surface area contributed by atoms with Gasteiger partial charge in [0.1, 0.15) is 0 Å². The molecular formula is C13H21NO. The molecule has 0 heterocycles. The molecule has 0 N–H and O–H groups in total. The molecule has 2 heteroatoms. The Bertz CT molecular complexity index is 254. The Kier molecular flexibility index (Phi) is 3.25. The van der Waals surface area contributed by atoms with E-state index in [0.717, 1.165) is 18.8 Å². The number of rotatable bonds is 2. The highest BCUT2D eigenvalue weighted by Crippen LogP contribution is 2.49. The normalized spacial score (nSPS) is 37.5. The van der Waals surface area contributed by atoms with Crippen LogP contribution in [0.25, 0.3) is 0 Å². The number of hydrogen-bond acceptors (Lipinski definition) is 2. The van der Waals surface area contributed by atoms with Crippen molar-refractivity contribution in [3.05, 3.63) is 0 Å². The highest BCUT2D eigenvalue weighted by Gasteiger charge is 2.47. The molecule has 2 nitrogen and oxygen atoms in total. The zero-order chi connectivity index (χ0) is 10.7. The lowest BCUT2D eigenvalue weighted by Gasteiger charge is -2.47. The van der Waals surface area contributed by atoms with Crippen LogP contribution in [-0.4, -0.2) is 11.6 Å². The summed E-state index contributed by atoms with van der Waals surface area (Å²) >= 11 is 0. The van der Waals surface area contributed by atoms with E-state index in [-0.39, 0.29) is 5.54 Å². The lowest BCUT2D eigenvalue weighted by Crippen LogP contribution is -2.47. The first-order valence-electron chi connectivity index (χ1n) is 6.36. The Morgan fingerprint density at radius 1 is 1.13 bits per heavy atom. The molecule has 0 aromatic carbocycles. The molecule has 2 fully saturated rings. The smallest absolute Gasteiger partial charge is 0.211 e. The summed E-state index contributed by atoms with van der Waals surface area (Å²) in [6.07, 6.45) is 12.0. The summed E-state index contributed by atoms with van der Waals surface area (Å²) in [6, 6.07) is 0. The minimum atomic E-state index is 0.00546. The number of hydrogen-bond donors (Lipinski definition) is 0. The van der Waals surface area contributed by atoms with Crippen molar-refractivity contribution in [2.24, 2.45) is 16.8 Å². The quantitative estimate of drug-likeness (QED) is 0.387. The first-order valence-corrected chi connectivity index (χ1v) is 6.36. The van der Waals surface area contributed by atoms with Gasteiger partial charge in [-0.05, 0) is 37.5 Å². The Hall–Kier alpha value is -0.620. The lowest BCUT2D eigenvalue weighted by atomic mass is 9.61. The number of aliphatic imine (C=N–C) groups is 1. The molecular weight excluding hydrogens is 186 g/mol. The van der Waals surface area contributed by atoms with E-state index >= 15 is 0 Å². The maximum atomic E-state index is 10.6. The van der Waals surface area contributed by atoms with E-state index in [9.17, 15) is 4.79 Å². The third-order valence-electron chi connectivity index (χ3n) is 4.29. The first-order chi connectivity index (χ1) is 7.27. The van der Waals surface area contributed by atoms with Crippen LogP contribution in [0.4, 0.5) is 0 Å². The van der Waals surface area contributed by atoms with Crippen LogP contribution < -0.4 is 0 Å². The lowest BCUT2D eigenvalue weighted by molar-refractivity contribution is 0.0850. The van der Waals surface area contributed by atoms with Crippen LogP contribution in [0.1, 0.15) is 58.3 Å². The molecule has 0 radical (unpaired) electrons. The average Bonchev–Trinajstić information content (AvgIpc) is 2.43. The van der Waals surface area contributed by atoms with Gasteiger partial charge in [-0.3, -0.25) is 0 Å². The number of isocyanates is 1. The van der Waals surface area contributed by atoms with Crippen molar-refractivity contribution in [2.45, 2.75) is 63.8 Å². The fourth-order valence-corrected chi connectivity index (χ4v) is 3.57. The van der Waals surface area contributed by atoms with Crippen molar-refractivity contribution < 1.29 is 4.79 Å². The topological polar surface area (TPSA) is 29.4 Å². The minimum Gasteiger partial charge on any atom is -0.211 e. The zero-order valence-electron chi connectivity index (χ0n) is 9.67. The van der Waals surface area contributed by atoms with Crippen molar-refractivity contribution in [1.29, 1.82) is 0 Å². The van der Waals surface area contributed by atoms with Gasteiger partial charge in [0.2, 0.25) is 6.08 Å². The van der Waals surface area contributed by atoms with Gasteiger partial charge in [0, 0.05) is 0 Å². The third kappa shape index (κ3) is 2.15. The number of nitrogens with zero attached hydrogens (tertiary/aromatic N) is 1. The molecule has 0 atom stereocenters. The Morgan fingerprint density at radius 2 is 1.73 bits per heavy atom. The largest absolute Gasteiger partial charge is 0.235 e. The molecule has 0 saturated heterocycles. The van der Waals surface area contributed by atoms with Crippen molar-refractivity contribution in [2.75, 3.05) is 0 Å². The van der Waals surface area contributed by atoms with Crippen LogP contribution in [0.5, 0.6) is 0 Å². The fraction of sp³-hybridized carbons (Fsp3) is 0.923. The van der Waals surface area contributed by atoms with Gasteiger partial charge in [-0.2, -0.15) is 4.99 Å². The minimum absolute atomic E-state index is 0.00546. The van der Waals surface area contributed by atoms with Crippen LogP contribution in [-0.2, 0) is 4.79 Å². The molecule has 0 aromatic rings. The van der Waals surface area contributed by atoms with E-state index in [1.165, 1.54) is 38.5 Å². The molecule has 2 saturated carbocycles. The SMILES string of the molecule is CC1CC(N=C=O)(C2CCCCCC2)C1. The standard InChI is InChI=1S/C13H21NO/c1-11-8-13(9-11,14-10-15)12-6-4-2-3-5-7-12/h11-12H,2-9H2,1H3. The van der Waals surface area contributed by atoms with Crippen molar-refractivity contribution in [1.82, 2.24) is 0 Å². The van der Waals surface area contributed by atoms with Gasteiger partial charge < -0.3 is 0 Å². The van der Waals surface area contributed by atoms with E-state index in [0.29, 0.717) is 5.92 Å². The second-order valence-corrected chi connectivity index (χ2v) is 5.51. The molecule has 84 valence electrons. The third-order valence-corrected chi connectivity index (χ3v) is 4.29. The summed E-state index contributed by atoms with van der Waals surface area (Å²) in [5.41, 5.74) is 0.00546. The van der Waals surface area contributed by atoms with Gasteiger partial charge in [0.15, 0.2) is 0 Å². The van der Waals surface area contributed by atoms with Gasteiger partial charge in [-0.25, -0.2) is 4.79 Å². The summed E-state index contributed by atoms with van der Waals surface area (Å²) in [4.78, 5) is 14.7. The highest BCUT2D eigenvalue weighted by molar-refractivity contribution is 5.36. The van der Waals surface area contributed by atoms with Crippen LogP contribution in [0.15, 0.2) is 4.99 Å². The highest BCUT2D eigenvalue weighted by atomic mass is 16.1. The predicted octanol–water partition coefficient (Wildman–Crippen LogP) is 3.46. The Labute approximate surface area is 92.2 Å². The fourth-order valence-electron chi connectivity index (χ4n) is 3.57. The van der Waals surface area contributed by atoms with E-state index in [1.807, 2.05) is 6.08 Å². The van der Waals surface area contributed by atoms with E-state index in [4.69, 9.17) is 0 Å². The molecule has 0 aromatic heterocycles. The molecule has 0 amide bonds. The predicted molar refractivity (Wildman–Crippen MR) is 60.4 cm³/mol. The van der Waals surface area contributed by atoms with Crippen LogP contribution in [0.3, 0.4) is 0 Å². The van der Waals surface area contributed by atoms with Crippen LogP contribution in [0.2, 0.25) is 0 Å². The van der Waals surface area contributed by atoms with Crippen molar-refractivity contribution in [3.63, 3.8) is 0 Å². The monoisotopic (exact) mass is 207 g/mol. The second kappa shape index (κ2) is 4.49. The van der Waals surface area contributed by atoms with Gasteiger partial charge in [-0.1, -0.05) is 32.6 Å². The molecule has 0 aliphatic heterocycles. The van der Waals surface area contributed by atoms with E-state index in [2.05, 4.69) is 11.9 Å². The van der Waals surface area contributed by atoms with Gasteiger partial charge >= 0.3 is 0 Å². The molecule has 0 spiro atoms. The Morgan fingerprint density at radius 3 is 2.20 bits per heavy atom. The second-order valence-electron chi connectivity index (χ2n) is 5.51. The molecule has 2 aliphatic carbocycles. The summed E-state index contributed by atoms with van der Waals surface area (Å²) in [5, 5.41) is 0. The molecule has 2 aliphatic rings. The average molecular weight is 207 g/mol. The maximum absolute atomic E-state index is 10.6. The first kappa shape index (κ1) is 10.9. The van der Waals surface area contributed by atoms with Crippen molar-refractivity contribution in [3.8, 4) is 0 Å². The molecule has 0 unspecified atom stereocenters. The van der Waals surface area contributed by atoms with Crippen molar-refractivity contribution >= 4 is 6.08 Å². The Balaban J connectivity index is 2.06. The molecule has 15 heavy (non-hydrogen) atoms. The zero-order valence-corrected chi connectivity index (χ0v) is 9.67. The van der Waals surface area contributed by atoms with Gasteiger partial charge in [0.25, 0.3) is 0 Å². The van der Waals surface area contributed by atoms with Gasteiger partial charge in [-0.15, -0.1) is 0 Å². The van der Waals surface area contributed by atoms with E-state index < -0.39 is 0 Å². The summed E-state index contributed by atoms with van der Waals surface area (Å²) in [5.74, 6) is 1.42. The van der Waals surface area contributed by atoms with Crippen LogP contribution >= 0.6 is 0 Å². The van der Waals surface area contributed by atoms with Crippen LogP contribution in [0, 0.1) is 11.8 Å². The van der Waals surface area contributed by atoms with E-state index in [1.54, 1.807) is 0 Å². The summed E-state index contributed by atoms with van der Waals surface area (Å²) in [7, 11) is 0. The molecule has 0 bridgehead atoms.